The molecule has 0 fully saturated rings. The molecular formula is C50H34N2. The van der Waals surface area contributed by atoms with Crippen LogP contribution in [0.2, 0.25) is 0 Å². The molecule has 9 aromatic carbocycles. The largest absolute Gasteiger partial charge is 0.310 e. The lowest BCUT2D eigenvalue weighted by Gasteiger charge is -2.28. The second-order valence-electron chi connectivity index (χ2n) is 13.3. The molecule has 10 aromatic rings. The van der Waals surface area contributed by atoms with Crippen molar-refractivity contribution in [1.29, 1.82) is 0 Å². The number of para-hydroxylation sites is 1. The van der Waals surface area contributed by atoms with Gasteiger partial charge in [-0.15, -0.1) is 0 Å². The highest BCUT2D eigenvalue weighted by Gasteiger charge is 2.21. The SMILES string of the molecule is c1ccc(-c2ccc(N(c3ccc4c(c3)c3ccc5ccccc5c3n4-c3ccccc3)c3ccc(-c4ccccc4)c4ccccc34)cc2)cc1. The van der Waals surface area contributed by atoms with Crippen LogP contribution in [0.15, 0.2) is 206 Å². The monoisotopic (exact) mass is 662 g/mol. The van der Waals surface area contributed by atoms with Gasteiger partial charge in [-0.05, 0) is 81.6 Å². The molecule has 1 heterocycles. The topological polar surface area (TPSA) is 8.17 Å². The van der Waals surface area contributed by atoms with Crippen LogP contribution in [0.1, 0.15) is 0 Å². The summed E-state index contributed by atoms with van der Waals surface area (Å²) in [6.07, 6.45) is 0. The number of hydrogen-bond acceptors (Lipinski definition) is 1. The Hall–Kier alpha value is -6.90. The smallest absolute Gasteiger partial charge is 0.0619 e. The quantitative estimate of drug-likeness (QED) is 0.172. The Morgan fingerprint density at radius 3 is 1.69 bits per heavy atom. The molecule has 52 heavy (non-hydrogen) atoms. The lowest BCUT2D eigenvalue weighted by Crippen LogP contribution is -2.10. The van der Waals surface area contributed by atoms with Crippen LogP contribution in [0.25, 0.3) is 71.3 Å². The van der Waals surface area contributed by atoms with E-state index in [-0.39, 0.29) is 0 Å². The Morgan fingerprint density at radius 1 is 0.346 bits per heavy atom. The van der Waals surface area contributed by atoms with E-state index >= 15 is 0 Å². The van der Waals surface area contributed by atoms with Crippen molar-refractivity contribution >= 4 is 60.4 Å². The Balaban J connectivity index is 1.24. The number of benzene rings is 9. The molecule has 1 aromatic heterocycles. The van der Waals surface area contributed by atoms with E-state index in [0.717, 1.165) is 22.7 Å². The predicted molar refractivity (Wildman–Crippen MR) is 221 cm³/mol. The normalized spacial score (nSPS) is 11.5. The first-order valence-corrected chi connectivity index (χ1v) is 17.9. The van der Waals surface area contributed by atoms with Crippen molar-refractivity contribution in [3.63, 3.8) is 0 Å². The average molecular weight is 663 g/mol. The summed E-state index contributed by atoms with van der Waals surface area (Å²) >= 11 is 0. The third kappa shape index (κ3) is 4.96. The van der Waals surface area contributed by atoms with E-state index in [0.29, 0.717) is 0 Å². The fourth-order valence-corrected chi connectivity index (χ4v) is 7.96. The molecule has 10 rings (SSSR count). The number of hydrogen-bond donors (Lipinski definition) is 0. The molecule has 0 aliphatic heterocycles. The Bertz CT molecular complexity index is 2870. The van der Waals surface area contributed by atoms with Gasteiger partial charge in [0.05, 0.1) is 16.7 Å². The molecule has 244 valence electrons. The molecule has 0 unspecified atom stereocenters. The van der Waals surface area contributed by atoms with Gasteiger partial charge in [-0.25, -0.2) is 0 Å². The van der Waals surface area contributed by atoms with Crippen LogP contribution in [0.5, 0.6) is 0 Å². The molecule has 0 aliphatic rings. The average Bonchev–Trinajstić information content (AvgIpc) is 3.56. The number of rotatable bonds is 6. The van der Waals surface area contributed by atoms with Gasteiger partial charge in [-0.2, -0.15) is 0 Å². The molecule has 0 spiro atoms. The van der Waals surface area contributed by atoms with Crippen molar-refractivity contribution in [3.05, 3.63) is 206 Å². The first-order chi connectivity index (χ1) is 25.8. The van der Waals surface area contributed by atoms with E-state index in [9.17, 15) is 0 Å². The summed E-state index contributed by atoms with van der Waals surface area (Å²) in [7, 11) is 0. The van der Waals surface area contributed by atoms with E-state index in [1.54, 1.807) is 0 Å². The van der Waals surface area contributed by atoms with Crippen LogP contribution >= 0.6 is 0 Å². The number of anilines is 3. The van der Waals surface area contributed by atoms with Crippen LogP contribution in [0.3, 0.4) is 0 Å². The summed E-state index contributed by atoms with van der Waals surface area (Å²) in [5.41, 5.74) is 11.8. The number of nitrogens with zero attached hydrogens (tertiary/aromatic N) is 2. The third-order valence-electron chi connectivity index (χ3n) is 10.4. The molecule has 2 nitrogen and oxygen atoms in total. The molecule has 0 saturated carbocycles. The van der Waals surface area contributed by atoms with E-state index in [4.69, 9.17) is 0 Å². The minimum atomic E-state index is 1.11. The van der Waals surface area contributed by atoms with E-state index in [1.165, 1.54) is 65.6 Å². The molecule has 0 N–H and O–H groups in total. The molecular weight excluding hydrogens is 629 g/mol. The Labute approximate surface area is 303 Å². The van der Waals surface area contributed by atoms with Crippen LogP contribution in [-0.4, -0.2) is 4.57 Å². The summed E-state index contributed by atoms with van der Waals surface area (Å²) in [6, 6.07) is 74.7. The molecule has 0 bridgehead atoms. The highest BCUT2D eigenvalue weighted by atomic mass is 15.1. The van der Waals surface area contributed by atoms with Crippen molar-refractivity contribution in [2.75, 3.05) is 4.90 Å². The first kappa shape index (κ1) is 30.0. The highest BCUT2D eigenvalue weighted by molar-refractivity contribution is 6.19. The van der Waals surface area contributed by atoms with Crippen LogP contribution in [0.4, 0.5) is 17.1 Å². The fraction of sp³-hybridized carbons (Fsp3) is 0. The Kier molecular flexibility index (Phi) is 7.18. The maximum Gasteiger partial charge on any atom is 0.0619 e. The lowest BCUT2D eigenvalue weighted by molar-refractivity contribution is 1.18. The zero-order valence-electron chi connectivity index (χ0n) is 28.5. The third-order valence-corrected chi connectivity index (χ3v) is 10.4. The fourth-order valence-electron chi connectivity index (χ4n) is 7.96. The van der Waals surface area contributed by atoms with Crippen LogP contribution in [0, 0.1) is 0 Å². The summed E-state index contributed by atoms with van der Waals surface area (Å²) in [5.74, 6) is 0. The number of fused-ring (bicyclic) bond motifs is 6. The van der Waals surface area contributed by atoms with Gasteiger partial charge in [0.2, 0.25) is 0 Å². The maximum absolute atomic E-state index is 2.43. The van der Waals surface area contributed by atoms with Gasteiger partial charge < -0.3 is 9.47 Å². The van der Waals surface area contributed by atoms with Crippen molar-refractivity contribution in [1.82, 2.24) is 4.57 Å². The molecule has 0 atom stereocenters. The zero-order chi connectivity index (χ0) is 34.4. The van der Waals surface area contributed by atoms with Gasteiger partial charge in [0.1, 0.15) is 0 Å². The minimum Gasteiger partial charge on any atom is -0.310 e. The minimum absolute atomic E-state index is 1.11. The van der Waals surface area contributed by atoms with Gasteiger partial charge >= 0.3 is 0 Å². The van der Waals surface area contributed by atoms with Crippen molar-refractivity contribution in [2.24, 2.45) is 0 Å². The van der Waals surface area contributed by atoms with E-state index < -0.39 is 0 Å². The zero-order valence-corrected chi connectivity index (χ0v) is 28.5. The second-order valence-corrected chi connectivity index (χ2v) is 13.3. The van der Waals surface area contributed by atoms with Crippen molar-refractivity contribution in [3.8, 4) is 27.9 Å². The van der Waals surface area contributed by atoms with Crippen LogP contribution in [-0.2, 0) is 0 Å². The van der Waals surface area contributed by atoms with E-state index in [1.807, 2.05) is 0 Å². The van der Waals surface area contributed by atoms with Gasteiger partial charge in [0.25, 0.3) is 0 Å². The summed E-state index contributed by atoms with van der Waals surface area (Å²) in [4.78, 5) is 2.43. The molecule has 0 amide bonds. The van der Waals surface area contributed by atoms with E-state index in [2.05, 4.69) is 216 Å². The van der Waals surface area contributed by atoms with Crippen molar-refractivity contribution in [2.45, 2.75) is 0 Å². The molecule has 0 aliphatic carbocycles. The summed E-state index contributed by atoms with van der Waals surface area (Å²) < 4.78 is 2.43. The standard InChI is InChI=1S/C50H34N2/c1-4-14-35(15-5-1)36-24-27-40(28-25-36)51(48-33-31-42(37-16-6-2-7-17-37)44-22-12-13-23-45(44)48)41-29-32-49-47(34-41)46-30-26-38-18-10-11-21-43(38)50(46)52(49)39-19-8-3-9-20-39/h1-34H. The number of aromatic nitrogens is 1. The van der Waals surface area contributed by atoms with Gasteiger partial charge in [0.15, 0.2) is 0 Å². The maximum atomic E-state index is 2.43. The van der Waals surface area contributed by atoms with Crippen molar-refractivity contribution < 1.29 is 0 Å². The van der Waals surface area contributed by atoms with Gasteiger partial charge in [-0.1, -0.05) is 158 Å². The summed E-state index contributed by atoms with van der Waals surface area (Å²) in [5, 5.41) is 7.37. The van der Waals surface area contributed by atoms with Crippen LogP contribution < -0.4 is 4.90 Å². The predicted octanol–water partition coefficient (Wildman–Crippen LogP) is 13.9. The lowest BCUT2D eigenvalue weighted by atomic mass is 9.96. The molecule has 0 saturated heterocycles. The molecule has 2 heteroatoms. The van der Waals surface area contributed by atoms with Gasteiger partial charge in [-0.3, -0.25) is 0 Å². The van der Waals surface area contributed by atoms with Gasteiger partial charge in [0, 0.05) is 38.6 Å². The highest BCUT2D eigenvalue weighted by Crippen LogP contribution is 2.45. The summed E-state index contributed by atoms with van der Waals surface area (Å²) in [6.45, 7) is 0. The molecule has 0 radical (unpaired) electrons. The Morgan fingerprint density at radius 2 is 0.942 bits per heavy atom. The second kappa shape index (κ2) is 12.5. The first-order valence-electron chi connectivity index (χ1n) is 17.9.